The summed E-state index contributed by atoms with van der Waals surface area (Å²) in [6.45, 7) is 2.84. The molecule has 2 aromatic rings. The second-order valence-corrected chi connectivity index (χ2v) is 3.86. The number of ether oxygens (including phenoxy) is 1. The van der Waals surface area contributed by atoms with Gasteiger partial charge in [-0.25, -0.2) is 0 Å². The highest BCUT2D eigenvalue weighted by molar-refractivity contribution is 7.71. The highest BCUT2D eigenvalue weighted by Crippen LogP contribution is 2.15. The molecule has 4 heteroatoms. The summed E-state index contributed by atoms with van der Waals surface area (Å²) in [5, 5.41) is 0. The van der Waals surface area contributed by atoms with Crippen molar-refractivity contribution >= 4 is 12.2 Å². The molecule has 1 heterocycles. The van der Waals surface area contributed by atoms with E-state index in [1.54, 1.807) is 0 Å². The normalized spacial score (nSPS) is 10.3. The largest absolute Gasteiger partial charge is 0.494 e. The Morgan fingerprint density at radius 2 is 2.06 bits per heavy atom. The number of nitrogens with one attached hydrogen (secondary N) is 1. The zero-order chi connectivity index (χ0) is 11.4. The van der Waals surface area contributed by atoms with Gasteiger partial charge in [-0.1, -0.05) is 6.92 Å². The van der Waals surface area contributed by atoms with Gasteiger partial charge in [-0.2, -0.15) is 0 Å². The molecule has 0 aliphatic carbocycles. The van der Waals surface area contributed by atoms with E-state index >= 15 is 0 Å². The number of hydrogen-bond acceptors (Lipinski definition) is 2. The summed E-state index contributed by atoms with van der Waals surface area (Å²) in [5.74, 6) is 0.896. The van der Waals surface area contributed by atoms with Gasteiger partial charge in [0.2, 0.25) is 0 Å². The molecule has 16 heavy (non-hydrogen) atoms. The lowest BCUT2D eigenvalue weighted by Crippen LogP contribution is -1.96. The van der Waals surface area contributed by atoms with Crippen molar-refractivity contribution in [3.05, 3.63) is 41.4 Å². The third kappa shape index (κ3) is 2.33. The summed E-state index contributed by atoms with van der Waals surface area (Å²) in [4.78, 5) is 2.96. The van der Waals surface area contributed by atoms with Gasteiger partial charge in [-0.15, -0.1) is 0 Å². The topological polar surface area (TPSA) is 29.9 Å². The molecule has 0 atom stereocenters. The molecule has 0 bridgehead atoms. The van der Waals surface area contributed by atoms with Crippen LogP contribution >= 0.6 is 12.2 Å². The standard InChI is InChI=1S/C12H14N2OS/c1-2-9-15-11-5-3-10(4-6-11)14-8-7-13-12(14)16/h3-8H,2,9H2,1H3,(H,13,16). The van der Waals surface area contributed by atoms with E-state index in [9.17, 15) is 0 Å². The van der Waals surface area contributed by atoms with E-state index in [-0.39, 0.29) is 0 Å². The molecule has 0 aliphatic rings. The molecule has 0 saturated heterocycles. The number of aromatic amines is 1. The fraction of sp³-hybridized carbons (Fsp3) is 0.250. The number of hydrogen-bond donors (Lipinski definition) is 1. The molecule has 0 spiro atoms. The van der Waals surface area contributed by atoms with Crippen molar-refractivity contribution in [1.29, 1.82) is 0 Å². The van der Waals surface area contributed by atoms with Crippen LogP contribution in [0.5, 0.6) is 5.75 Å². The van der Waals surface area contributed by atoms with Crippen LogP contribution in [0.1, 0.15) is 13.3 Å². The minimum Gasteiger partial charge on any atom is -0.494 e. The molecule has 0 saturated carbocycles. The highest BCUT2D eigenvalue weighted by atomic mass is 32.1. The zero-order valence-corrected chi connectivity index (χ0v) is 9.96. The quantitative estimate of drug-likeness (QED) is 0.822. The number of nitrogens with zero attached hydrogens (tertiary/aromatic N) is 1. The fourth-order valence-corrected chi connectivity index (χ4v) is 1.68. The molecule has 0 amide bonds. The van der Waals surface area contributed by atoms with Gasteiger partial charge in [-0.05, 0) is 42.9 Å². The molecule has 84 valence electrons. The van der Waals surface area contributed by atoms with Crippen molar-refractivity contribution in [3.8, 4) is 11.4 Å². The van der Waals surface area contributed by atoms with Crippen LogP contribution in [-0.4, -0.2) is 16.2 Å². The van der Waals surface area contributed by atoms with Gasteiger partial charge in [0.25, 0.3) is 0 Å². The molecule has 0 fully saturated rings. The van der Waals surface area contributed by atoms with E-state index in [2.05, 4.69) is 11.9 Å². The average molecular weight is 234 g/mol. The molecular weight excluding hydrogens is 220 g/mol. The van der Waals surface area contributed by atoms with Gasteiger partial charge < -0.3 is 9.72 Å². The maximum absolute atomic E-state index is 5.51. The number of benzene rings is 1. The summed E-state index contributed by atoms with van der Waals surface area (Å²) in [5.41, 5.74) is 1.04. The molecule has 0 unspecified atom stereocenters. The lowest BCUT2D eigenvalue weighted by Gasteiger charge is -2.06. The number of imidazole rings is 1. The highest BCUT2D eigenvalue weighted by Gasteiger charge is 1.98. The minimum absolute atomic E-state index is 0.697. The van der Waals surface area contributed by atoms with Crippen LogP contribution < -0.4 is 4.74 Å². The fourth-order valence-electron chi connectivity index (χ4n) is 1.45. The third-order valence-corrected chi connectivity index (χ3v) is 2.55. The Kier molecular flexibility index (Phi) is 3.41. The molecule has 2 rings (SSSR count). The zero-order valence-electron chi connectivity index (χ0n) is 9.14. The first kappa shape index (κ1) is 11.0. The first-order chi connectivity index (χ1) is 7.81. The van der Waals surface area contributed by atoms with Crippen LogP contribution in [0.2, 0.25) is 0 Å². The van der Waals surface area contributed by atoms with Crippen LogP contribution in [0.4, 0.5) is 0 Å². The van der Waals surface area contributed by atoms with Gasteiger partial charge in [0.1, 0.15) is 5.75 Å². The Morgan fingerprint density at radius 3 is 2.62 bits per heavy atom. The minimum atomic E-state index is 0.697. The van der Waals surface area contributed by atoms with E-state index in [1.165, 1.54) is 0 Å². The molecule has 0 radical (unpaired) electrons. The van der Waals surface area contributed by atoms with Crippen LogP contribution in [0.3, 0.4) is 0 Å². The van der Waals surface area contributed by atoms with E-state index in [0.717, 1.165) is 24.5 Å². The van der Waals surface area contributed by atoms with Gasteiger partial charge in [-0.3, -0.25) is 4.57 Å². The first-order valence-corrected chi connectivity index (χ1v) is 5.71. The predicted octanol–water partition coefficient (Wildman–Crippen LogP) is 3.32. The van der Waals surface area contributed by atoms with Crippen molar-refractivity contribution in [2.75, 3.05) is 6.61 Å². The summed E-state index contributed by atoms with van der Waals surface area (Å²) < 4.78 is 8.13. The van der Waals surface area contributed by atoms with Crippen molar-refractivity contribution in [2.45, 2.75) is 13.3 Å². The molecule has 0 aliphatic heterocycles. The summed E-state index contributed by atoms with van der Waals surface area (Å²) in [6.07, 6.45) is 4.75. The van der Waals surface area contributed by atoms with Crippen molar-refractivity contribution in [1.82, 2.24) is 9.55 Å². The third-order valence-electron chi connectivity index (χ3n) is 2.24. The maximum atomic E-state index is 5.51. The summed E-state index contributed by atoms with van der Waals surface area (Å²) in [6, 6.07) is 7.91. The average Bonchev–Trinajstić information content (AvgIpc) is 2.74. The SMILES string of the molecule is CCCOc1ccc(-n2cc[nH]c2=S)cc1. The monoisotopic (exact) mass is 234 g/mol. The Balaban J connectivity index is 2.20. The van der Waals surface area contributed by atoms with E-state index in [4.69, 9.17) is 17.0 Å². The van der Waals surface area contributed by atoms with Crippen molar-refractivity contribution in [3.63, 3.8) is 0 Å². The molecule has 1 aromatic heterocycles. The predicted molar refractivity (Wildman–Crippen MR) is 66.7 cm³/mol. The second kappa shape index (κ2) is 4.99. The Hall–Kier alpha value is -1.55. The van der Waals surface area contributed by atoms with Crippen molar-refractivity contribution in [2.24, 2.45) is 0 Å². The Morgan fingerprint density at radius 1 is 1.31 bits per heavy atom. The number of rotatable bonds is 4. The lowest BCUT2D eigenvalue weighted by atomic mass is 10.3. The maximum Gasteiger partial charge on any atom is 0.181 e. The van der Waals surface area contributed by atoms with Crippen LogP contribution in [0.15, 0.2) is 36.7 Å². The van der Waals surface area contributed by atoms with Crippen molar-refractivity contribution < 1.29 is 4.74 Å². The van der Waals surface area contributed by atoms with Crippen LogP contribution in [-0.2, 0) is 0 Å². The van der Waals surface area contributed by atoms with Crippen LogP contribution in [0.25, 0.3) is 5.69 Å². The van der Waals surface area contributed by atoms with Gasteiger partial charge in [0.15, 0.2) is 4.77 Å². The molecule has 1 aromatic carbocycles. The van der Waals surface area contributed by atoms with E-state index in [1.807, 2.05) is 41.2 Å². The summed E-state index contributed by atoms with van der Waals surface area (Å²) >= 11 is 5.15. The second-order valence-electron chi connectivity index (χ2n) is 3.48. The Bertz CT molecular complexity index is 498. The lowest BCUT2D eigenvalue weighted by molar-refractivity contribution is 0.317. The van der Waals surface area contributed by atoms with Gasteiger partial charge in [0.05, 0.1) is 6.61 Å². The number of aromatic nitrogens is 2. The molecule has 1 N–H and O–H groups in total. The molecular formula is C12H14N2OS. The Labute approximate surface area is 99.7 Å². The van der Waals surface area contributed by atoms with Crippen LogP contribution in [0, 0.1) is 4.77 Å². The van der Waals surface area contributed by atoms with Gasteiger partial charge in [0, 0.05) is 18.1 Å². The van der Waals surface area contributed by atoms with E-state index in [0.29, 0.717) is 4.77 Å². The summed E-state index contributed by atoms with van der Waals surface area (Å²) in [7, 11) is 0. The number of H-pyrrole nitrogens is 1. The molecule has 3 nitrogen and oxygen atoms in total. The first-order valence-electron chi connectivity index (χ1n) is 5.30. The van der Waals surface area contributed by atoms with Gasteiger partial charge >= 0.3 is 0 Å². The smallest absolute Gasteiger partial charge is 0.181 e. The van der Waals surface area contributed by atoms with E-state index < -0.39 is 0 Å².